The minimum atomic E-state index is 0.300. The van der Waals surface area contributed by atoms with Crippen molar-refractivity contribution in [2.75, 3.05) is 20.8 Å². The largest absolute Gasteiger partial charge is 0.497 e. The van der Waals surface area contributed by atoms with E-state index in [1.54, 1.807) is 14.2 Å². The van der Waals surface area contributed by atoms with Crippen LogP contribution in [0.3, 0.4) is 0 Å². The van der Waals surface area contributed by atoms with Crippen molar-refractivity contribution in [3.63, 3.8) is 0 Å². The van der Waals surface area contributed by atoms with Crippen molar-refractivity contribution in [3.05, 3.63) is 59.7 Å². The van der Waals surface area contributed by atoms with Crippen molar-refractivity contribution in [2.45, 2.75) is 19.4 Å². The monoisotopic (exact) mass is 285 g/mol. The lowest BCUT2D eigenvalue weighted by molar-refractivity contribution is 0.414. The summed E-state index contributed by atoms with van der Waals surface area (Å²) in [6.07, 6.45) is 0.949. The highest BCUT2D eigenvalue weighted by molar-refractivity contribution is 5.32. The summed E-state index contributed by atoms with van der Waals surface area (Å²) in [5.74, 6) is 1.78. The molecule has 1 atom stereocenters. The highest BCUT2D eigenvalue weighted by Crippen LogP contribution is 2.22. The molecule has 0 aliphatic heterocycles. The summed E-state index contributed by atoms with van der Waals surface area (Å²) < 4.78 is 10.4. The molecule has 0 aliphatic carbocycles. The van der Waals surface area contributed by atoms with Crippen LogP contribution in [0.25, 0.3) is 0 Å². The molecule has 0 unspecified atom stereocenters. The third-order valence-electron chi connectivity index (χ3n) is 3.57. The second kappa shape index (κ2) is 7.70. The quantitative estimate of drug-likeness (QED) is 0.843. The Labute approximate surface area is 126 Å². The summed E-state index contributed by atoms with van der Waals surface area (Å²) in [6, 6.07) is 16.8. The first-order valence-corrected chi connectivity index (χ1v) is 7.27. The van der Waals surface area contributed by atoms with Crippen LogP contribution in [0, 0.1) is 0 Å². The van der Waals surface area contributed by atoms with E-state index in [1.165, 1.54) is 11.1 Å². The molecule has 3 heteroatoms. The van der Waals surface area contributed by atoms with Crippen molar-refractivity contribution in [1.82, 2.24) is 5.32 Å². The van der Waals surface area contributed by atoms with Crippen LogP contribution in [0.2, 0.25) is 0 Å². The maximum atomic E-state index is 5.22. The molecule has 0 saturated carbocycles. The smallest absolute Gasteiger partial charge is 0.118 e. The minimum Gasteiger partial charge on any atom is -0.497 e. The van der Waals surface area contributed by atoms with Crippen LogP contribution in [-0.2, 0) is 6.42 Å². The fourth-order valence-corrected chi connectivity index (χ4v) is 2.39. The molecule has 0 aliphatic rings. The van der Waals surface area contributed by atoms with Crippen LogP contribution in [0.5, 0.6) is 11.5 Å². The minimum absolute atomic E-state index is 0.300. The van der Waals surface area contributed by atoms with Crippen LogP contribution in [-0.4, -0.2) is 20.8 Å². The molecule has 0 aromatic heterocycles. The number of hydrogen-bond donors (Lipinski definition) is 1. The van der Waals surface area contributed by atoms with Crippen molar-refractivity contribution in [2.24, 2.45) is 0 Å². The van der Waals surface area contributed by atoms with E-state index in [9.17, 15) is 0 Å². The van der Waals surface area contributed by atoms with Gasteiger partial charge < -0.3 is 14.8 Å². The maximum Gasteiger partial charge on any atom is 0.118 e. The van der Waals surface area contributed by atoms with Gasteiger partial charge in [-0.25, -0.2) is 0 Å². The molecule has 0 amide bonds. The Balaban J connectivity index is 2.13. The number of nitrogens with one attached hydrogen (secondary N) is 1. The third-order valence-corrected chi connectivity index (χ3v) is 3.57. The molecule has 0 bridgehead atoms. The van der Waals surface area contributed by atoms with E-state index >= 15 is 0 Å². The number of rotatable bonds is 7. The normalized spacial score (nSPS) is 12.0. The Bertz CT molecular complexity index is 534. The van der Waals surface area contributed by atoms with Crippen molar-refractivity contribution >= 4 is 0 Å². The number of likely N-dealkylation sites (N-methyl/N-ethyl adjacent to an activating group) is 1. The summed E-state index contributed by atoms with van der Waals surface area (Å²) >= 11 is 0. The second-order valence-corrected chi connectivity index (χ2v) is 4.94. The van der Waals surface area contributed by atoms with Gasteiger partial charge in [0, 0.05) is 6.04 Å². The SMILES string of the molecule is CCN[C@H](Cc1ccc(OC)cc1)c1ccc(OC)cc1. The molecule has 0 heterocycles. The summed E-state index contributed by atoms with van der Waals surface area (Å²) in [5, 5.41) is 3.54. The fourth-order valence-electron chi connectivity index (χ4n) is 2.39. The van der Waals surface area contributed by atoms with Gasteiger partial charge in [0.25, 0.3) is 0 Å². The van der Waals surface area contributed by atoms with Gasteiger partial charge in [-0.1, -0.05) is 31.2 Å². The van der Waals surface area contributed by atoms with Crippen LogP contribution >= 0.6 is 0 Å². The van der Waals surface area contributed by atoms with E-state index in [2.05, 4.69) is 36.5 Å². The van der Waals surface area contributed by atoms with Gasteiger partial charge in [0.05, 0.1) is 14.2 Å². The molecule has 0 spiro atoms. The first-order chi connectivity index (χ1) is 10.3. The first-order valence-electron chi connectivity index (χ1n) is 7.27. The van der Waals surface area contributed by atoms with E-state index in [-0.39, 0.29) is 0 Å². The van der Waals surface area contributed by atoms with Gasteiger partial charge in [-0.05, 0) is 48.4 Å². The predicted molar refractivity (Wildman–Crippen MR) is 86.1 cm³/mol. The molecule has 2 aromatic rings. The van der Waals surface area contributed by atoms with Gasteiger partial charge in [0.15, 0.2) is 0 Å². The van der Waals surface area contributed by atoms with E-state index < -0.39 is 0 Å². The zero-order valence-electron chi connectivity index (χ0n) is 12.9. The van der Waals surface area contributed by atoms with E-state index in [0.717, 1.165) is 24.5 Å². The lowest BCUT2D eigenvalue weighted by atomic mass is 9.98. The maximum absolute atomic E-state index is 5.22. The van der Waals surface area contributed by atoms with Gasteiger partial charge in [-0.2, -0.15) is 0 Å². The molecule has 2 aromatic carbocycles. The number of ether oxygens (including phenoxy) is 2. The van der Waals surface area contributed by atoms with Gasteiger partial charge in [-0.15, -0.1) is 0 Å². The Morgan fingerprint density at radius 2 is 1.38 bits per heavy atom. The molecular weight excluding hydrogens is 262 g/mol. The van der Waals surface area contributed by atoms with Gasteiger partial charge >= 0.3 is 0 Å². The molecule has 0 saturated heterocycles. The molecule has 2 rings (SSSR count). The Hall–Kier alpha value is -2.00. The summed E-state index contributed by atoms with van der Waals surface area (Å²) in [4.78, 5) is 0. The Morgan fingerprint density at radius 3 is 1.86 bits per heavy atom. The zero-order chi connectivity index (χ0) is 15.1. The lowest BCUT2D eigenvalue weighted by Crippen LogP contribution is -2.22. The molecule has 112 valence electrons. The van der Waals surface area contributed by atoms with Crippen molar-refractivity contribution < 1.29 is 9.47 Å². The van der Waals surface area contributed by atoms with Crippen molar-refractivity contribution in [1.29, 1.82) is 0 Å². The molecular formula is C18H23NO2. The summed E-state index contributed by atoms with van der Waals surface area (Å²) in [7, 11) is 3.38. The number of methoxy groups -OCH3 is 2. The Morgan fingerprint density at radius 1 is 0.857 bits per heavy atom. The molecule has 0 radical (unpaired) electrons. The highest BCUT2D eigenvalue weighted by atomic mass is 16.5. The van der Waals surface area contributed by atoms with E-state index in [0.29, 0.717) is 6.04 Å². The van der Waals surface area contributed by atoms with E-state index in [4.69, 9.17) is 9.47 Å². The first kappa shape index (κ1) is 15.4. The average molecular weight is 285 g/mol. The van der Waals surface area contributed by atoms with Gasteiger partial charge in [0.1, 0.15) is 11.5 Å². The Kier molecular flexibility index (Phi) is 5.64. The fraction of sp³-hybridized carbons (Fsp3) is 0.333. The third kappa shape index (κ3) is 4.23. The molecule has 0 fully saturated rings. The molecule has 1 N–H and O–H groups in total. The van der Waals surface area contributed by atoms with E-state index in [1.807, 2.05) is 24.3 Å². The van der Waals surface area contributed by atoms with Gasteiger partial charge in [-0.3, -0.25) is 0 Å². The number of benzene rings is 2. The predicted octanol–water partition coefficient (Wildman–Crippen LogP) is 3.60. The van der Waals surface area contributed by atoms with Crippen LogP contribution in [0.1, 0.15) is 24.1 Å². The molecule has 3 nitrogen and oxygen atoms in total. The van der Waals surface area contributed by atoms with Gasteiger partial charge in [0.2, 0.25) is 0 Å². The highest BCUT2D eigenvalue weighted by Gasteiger charge is 2.11. The average Bonchev–Trinajstić information content (AvgIpc) is 2.55. The van der Waals surface area contributed by atoms with Crippen LogP contribution in [0.15, 0.2) is 48.5 Å². The second-order valence-electron chi connectivity index (χ2n) is 4.94. The standard InChI is InChI=1S/C18H23NO2/c1-4-19-18(15-7-11-17(21-3)12-8-15)13-14-5-9-16(20-2)10-6-14/h5-12,18-19H,4,13H2,1-3H3/t18-/m1/s1. The topological polar surface area (TPSA) is 30.5 Å². The zero-order valence-corrected chi connectivity index (χ0v) is 12.9. The number of hydrogen-bond acceptors (Lipinski definition) is 3. The van der Waals surface area contributed by atoms with Crippen molar-refractivity contribution in [3.8, 4) is 11.5 Å². The summed E-state index contributed by atoms with van der Waals surface area (Å²) in [5.41, 5.74) is 2.56. The molecule has 21 heavy (non-hydrogen) atoms. The summed E-state index contributed by atoms with van der Waals surface area (Å²) in [6.45, 7) is 3.07. The van der Waals surface area contributed by atoms with Crippen LogP contribution in [0.4, 0.5) is 0 Å². The lowest BCUT2D eigenvalue weighted by Gasteiger charge is -2.19. The van der Waals surface area contributed by atoms with Crippen LogP contribution < -0.4 is 14.8 Å².